The summed E-state index contributed by atoms with van der Waals surface area (Å²) in [4.78, 5) is 0. The topological polar surface area (TPSA) is 56.0 Å². The average Bonchev–Trinajstić information content (AvgIpc) is 2.91. The predicted molar refractivity (Wildman–Crippen MR) is 48.9 cm³/mol. The molecule has 1 saturated heterocycles. The van der Waals surface area contributed by atoms with E-state index in [2.05, 4.69) is 11.4 Å². The van der Waals surface area contributed by atoms with Crippen LogP contribution >= 0.6 is 0 Å². The Hall–Kier alpha value is -0.590. The summed E-state index contributed by atoms with van der Waals surface area (Å²) in [6.07, 6.45) is 2.48. The Kier molecular flexibility index (Phi) is 1.86. The molecule has 2 atom stereocenters. The van der Waals surface area contributed by atoms with Crippen LogP contribution in [0, 0.1) is 22.7 Å². The molecule has 2 aliphatic rings. The lowest BCUT2D eigenvalue weighted by atomic mass is 9.72. The second-order valence-corrected chi connectivity index (χ2v) is 4.47. The van der Waals surface area contributed by atoms with E-state index < -0.39 is 11.0 Å². The molecule has 1 aliphatic carbocycles. The summed E-state index contributed by atoms with van der Waals surface area (Å²) in [6.45, 7) is 3.70. The van der Waals surface area contributed by atoms with E-state index in [1.54, 1.807) is 0 Å². The van der Waals surface area contributed by atoms with Crippen LogP contribution in [0.15, 0.2) is 0 Å². The Labute approximate surface area is 78.7 Å². The first-order valence-electron chi connectivity index (χ1n) is 4.99. The molecule has 0 radical (unpaired) electrons. The van der Waals surface area contributed by atoms with Crippen molar-refractivity contribution in [2.45, 2.75) is 31.8 Å². The summed E-state index contributed by atoms with van der Waals surface area (Å²) in [5, 5.41) is 22.8. The van der Waals surface area contributed by atoms with Crippen molar-refractivity contribution in [1.82, 2.24) is 5.32 Å². The van der Waals surface area contributed by atoms with E-state index >= 15 is 0 Å². The van der Waals surface area contributed by atoms with Crippen LogP contribution in [0.4, 0.5) is 0 Å². The third-order valence-electron chi connectivity index (χ3n) is 3.74. The SMILES string of the molecule is CC1CNCCC1(O)C1(C#N)CC1. The molecule has 1 aliphatic heterocycles. The fourth-order valence-corrected chi connectivity index (χ4v) is 2.49. The molecule has 2 N–H and O–H groups in total. The molecule has 2 fully saturated rings. The maximum atomic E-state index is 10.5. The zero-order valence-corrected chi connectivity index (χ0v) is 8.01. The number of nitrogens with one attached hydrogen (secondary N) is 1. The van der Waals surface area contributed by atoms with Crippen molar-refractivity contribution in [2.24, 2.45) is 11.3 Å². The summed E-state index contributed by atoms with van der Waals surface area (Å²) in [6, 6.07) is 2.32. The van der Waals surface area contributed by atoms with Gasteiger partial charge in [-0.1, -0.05) is 6.92 Å². The molecule has 0 bridgehead atoms. The van der Waals surface area contributed by atoms with Gasteiger partial charge in [0.2, 0.25) is 0 Å². The van der Waals surface area contributed by atoms with Crippen LogP contribution in [0.25, 0.3) is 0 Å². The molecule has 1 saturated carbocycles. The number of piperidine rings is 1. The molecule has 3 heteroatoms. The number of nitrogens with zero attached hydrogens (tertiary/aromatic N) is 1. The minimum atomic E-state index is -0.729. The second kappa shape index (κ2) is 2.70. The summed E-state index contributed by atoms with van der Waals surface area (Å²) < 4.78 is 0. The van der Waals surface area contributed by atoms with Crippen molar-refractivity contribution in [3.8, 4) is 6.07 Å². The molecular formula is C10H16N2O. The van der Waals surface area contributed by atoms with Gasteiger partial charge in [-0.2, -0.15) is 5.26 Å². The molecule has 0 spiro atoms. The molecule has 3 nitrogen and oxygen atoms in total. The fourth-order valence-electron chi connectivity index (χ4n) is 2.49. The molecule has 0 aromatic rings. The van der Waals surface area contributed by atoms with Crippen LogP contribution in [0.2, 0.25) is 0 Å². The lowest BCUT2D eigenvalue weighted by Crippen LogP contribution is -2.54. The van der Waals surface area contributed by atoms with Gasteiger partial charge >= 0.3 is 0 Å². The Bertz CT molecular complexity index is 254. The minimum Gasteiger partial charge on any atom is -0.388 e. The molecule has 1 heterocycles. The van der Waals surface area contributed by atoms with Gasteiger partial charge in [-0.05, 0) is 31.7 Å². The fraction of sp³-hybridized carbons (Fsp3) is 0.900. The Balaban J connectivity index is 2.23. The Morgan fingerprint density at radius 2 is 2.15 bits per heavy atom. The number of rotatable bonds is 1. The van der Waals surface area contributed by atoms with E-state index in [1.807, 2.05) is 6.92 Å². The smallest absolute Gasteiger partial charge is 0.0882 e. The van der Waals surface area contributed by atoms with Gasteiger partial charge in [-0.25, -0.2) is 0 Å². The van der Waals surface area contributed by atoms with Gasteiger partial charge in [0.05, 0.1) is 17.1 Å². The first kappa shape index (κ1) is 8.98. The highest BCUT2D eigenvalue weighted by Crippen LogP contribution is 2.57. The maximum Gasteiger partial charge on any atom is 0.0882 e. The zero-order valence-electron chi connectivity index (χ0n) is 8.01. The van der Waals surface area contributed by atoms with Gasteiger partial charge in [0, 0.05) is 6.54 Å². The van der Waals surface area contributed by atoms with E-state index in [0.717, 1.165) is 32.4 Å². The quantitative estimate of drug-likeness (QED) is 0.623. The highest BCUT2D eigenvalue weighted by Gasteiger charge is 2.61. The number of aliphatic hydroxyl groups is 1. The molecule has 0 amide bonds. The van der Waals surface area contributed by atoms with Crippen LogP contribution in [-0.4, -0.2) is 23.8 Å². The maximum absolute atomic E-state index is 10.5. The number of nitriles is 1. The van der Waals surface area contributed by atoms with E-state index in [-0.39, 0.29) is 5.92 Å². The largest absolute Gasteiger partial charge is 0.388 e. The molecule has 0 aromatic heterocycles. The summed E-state index contributed by atoms with van der Waals surface area (Å²) in [5.74, 6) is 0.198. The molecule has 13 heavy (non-hydrogen) atoms. The van der Waals surface area contributed by atoms with Crippen molar-refractivity contribution >= 4 is 0 Å². The van der Waals surface area contributed by atoms with Crippen LogP contribution in [-0.2, 0) is 0 Å². The van der Waals surface area contributed by atoms with Crippen LogP contribution in [0.3, 0.4) is 0 Å². The van der Waals surface area contributed by atoms with E-state index in [9.17, 15) is 5.11 Å². The summed E-state index contributed by atoms with van der Waals surface area (Å²) >= 11 is 0. The van der Waals surface area contributed by atoms with Crippen LogP contribution in [0.5, 0.6) is 0 Å². The van der Waals surface area contributed by atoms with Gasteiger partial charge < -0.3 is 10.4 Å². The predicted octanol–water partition coefficient (Wildman–Crippen LogP) is 0.651. The van der Waals surface area contributed by atoms with Crippen molar-refractivity contribution in [2.75, 3.05) is 13.1 Å². The van der Waals surface area contributed by atoms with Crippen molar-refractivity contribution in [3.05, 3.63) is 0 Å². The molecule has 0 aromatic carbocycles. The average molecular weight is 180 g/mol. The monoisotopic (exact) mass is 180 g/mol. The first-order chi connectivity index (χ1) is 6.15. The molecule has 2 rings (SSSR count). The van der Waals surface area contributed by atoms with Gasteiger partial charge in [-0.15, -0.1) is 0 Å². The Morgan fingerprint density at radius 3 is 2.62 bits per heavy atom. The first-order valence-corrected chi connectivity index (χ1v) is 4.99. The Morgan fingerprint density at radius 1 is 1.46 bits per heavy atom. The molecular weight excluding hydrogens is 164 g/mol. The van der Waals surface area contributed by atoms with Crippen LogP contribution < -0.4 is 5.32 Å². The lowest BCUT2D eigenvalue weighted by Gasteiger charge is -2.42. The van der Waals surface area contributed by atoms with Gasteiger partial charge in [-0.3, -0.25) is 0 Å². The standard InChI is InChI=1S/C10H16N2O/c1-8-6-12-5-4-10(8,13)9(7-11)2-3-9/h8,12-13H,2-6H2,1H3. The number of hydrogen-bond acceptors (Lipinski definition) is 3. The van der Waals surface area contributed by atoms with Crippen molar-refractivity contribution < 1.29 is 5.11 Å². The number of hydrogen-bond donors (Lipinski definition) is 2. The highest BCUT2D eigenvalue weighted by molar-refractivity contribution is 5.22. The molecule has 72 valence electrons. The third kappa shape index (κ3) is 1.09. The van der Waals surface area contributed by atoms with E-state index in [1.165, 1.54) is 0 Å². The minimum absolute atomic E-state index is 0.198. The van der Waals surface area contributed by atoms with Crippen molar-refractivity contribution in [1.29, 1.82) is 5.26 Å². The van der Waals surface area contributed by atoms with Crippen molar-refractivity contribution in [3.63, 3.8) is 0 Å². The second-order valence-electron chi connectivity index (χ2n) is 4.47. The van der Waals surface area contributed by atoms with Gasteiger partial charge in [0.1, 0.15) is 0 Å². The normalized spacial score (nSPS) is 42.4. The highest BCUT2D eigenvalue weighted by atomic mass is 16.3. The lowest BCUT2D eigenvalue weighted by molar-refractivity contribution is -0.0758. The summed E-state index contributed by atoms with van der Waals surface area (Å²) in [7, 11) is 0. The summed E-state index contributed by atoms with van der Waals surface area (Å²) in [5.41, 5.74) is -1.14. The van der Waals surface area contributed by atoms with E-state index in [4.69, 9.17) is 5.26 Å². The van der Waals surface area contributed by atoms with E-state index in [0.29, 0.717) is 0 Å². The van der Waals surface area contributed by atoms with Gasteiger partial charge in [0.15, 0.2) is 0 Å². The zero-order chi connectivity index (χ0) is 9.53. The van der Waals surface area contributed by atoms with Crippen LogP contribution in [0.1, 0.15) is 26.2 Å². The molecule has 2 unspecified atom stereocenters. The third-order valence-corrected chi connectivity index (χ3v) is 3.74. The van der Waals surface area contributed by atoms with Gasteiger partial charge in [0.25, 0.3) is 0 Å².